The van der Waals surface area contributed by atoms with E-state index in [-0.39, 0.29) is 31.1 Å². The van der Waals surface area contributed by atoms with E-state index in [0.29, 0.717) is 19.3 Å². The number of esters is 3. The molecule has 0 fully saturated rings. The maximum absolute atomic E-state index is 12.9. The summed E-state index contributed by atoms with van der Waals surface area (Å²) in [5, 5.41) is 0. The average Bonchev–Trinajstić information content (AvgIpc) is 3.35. The second-order valence-corrected chi connectivity index (χ2v) is 22.8. The van der Waals surface area contributed by atoms with E-state index < -0.39 is 6.10 Å². The third kappa shape index (κ3) is 55.7. The standard InChI is InChI=1S/C64H124O6/c1-6-8-9-10-11-12-13-14-15-18-22-25-28-34-39-44-49-54-62(65)68-57-61(70-64(67)56-51-46-41-36-31-30-32-37-42-47-52-59(3)4)58-69-63(66)55-50-45-40-35-29-26-23-20-17-16-19-21-24-27-33-38-43-48-53-60(5)7-2/h59-61H,6-58H2,1-5H3/t60?,61-/m0/s1. The van der Waals surface area contributed by atoms with E-state index in [1.807, 2.05) is 0 Å². The molecule has 0 amide bonds. The number of unbranched alkanes of at least 4 members (excludes halogenated alkanes) is 42. The van der Waals surface area contributed by atoms with Gasteiger partial charge in [-0.3, -0.25) is 14.4 Å². The van der Waals surface area contributed by atoms with E-state index in [1.54, 1.807) is 0 Å². The summed E-state index contributed by atoms with van der Waals surface area (Å²) in [5.41, 5.74) is 0. The fraction of sp³-hybridized carbons (Fsp3) is 0.953. The smallest absolute Gasteiger partial charge is 0.306 e. The van der Waals surface area contributed by atoms with Gasteiger partial charge in [-0.05, 0) is 31.1 Å². The third-order valence-electron chi connectivity index (χ3n) is 15.1. The first kappa shape index (κ1) is 68.4. The van der Waals surface area contributed by atoms with Crippen LogP contribution < -0.4 is 0 Å². The van der Waals surface area contributed by atoms with E-state index in [4.69, 9.17) is 14.2 Å². The zero-order valence-electron chi connectivity index (χ0n) is 48.2. The van der Waals surface area contributed by atoms with Crippen molar-refractivity contribution >= 4 is 17.9 Å². The zero-order chi connectivity index (χ0) is 51.1. The Balaban J connectivity index is 4.23. The van der Waals surface area contributed by atoms with Crippen LogP contribution in [-0.2, 0) is 28.6 Å². The number of hydrogen-bond acceptors (Lipinski definition) is 6. The summed E-state index contributed by atoms with van der Waals surface area (Å²) in [7, 11) is 0. The lowest BCUT2D eigenvalue weighted by atomic mass is 9.99. The molecule has 0 saturated carbocycles. The van der Waals surface area contributed by atoms with Gasteiger partial charge in [0.05, 0.1) is 0 Å². The van der Waals surface area contributed by atoms with Gasteiger partial charge in [-0.25, -0.2) is 0 Å². The zero-order valence-corrected chi connectivity index (χ0v) is 48.2. The van der Waals surface area contributed by atoms with Gasteiger partial charge in [0.2, 0.25) is 0 Å². The van der Waals surface area contributed by atoms with Crippen LogP contribution in [0.25, 0.3) is 0 Å². The molecule has 0 aromatic heterocycles. The fourth-order valence-electron chi connectivity index (χ4n) is 9.90. The molecule has 0 rings (SSSR count). The average molecular weight is 990 g/mol. The largest absolute Gasteiger partial charge is 0.462 e. The lowest BCUT2D eigenvalue weighted by molar-refractivity contribution is -0.167. The van der Waals surface area contributed by atoms with Crippen molar-refractivity contribution in [1.29, 1.82) is 0 Å². The topological polar surface area (TPSA) is 78.9 Å². The van der Waals surface area contributed by atoms with Gasteiger partial charge in [-0.15, -0.1) is 0 Å². The highest BCUT2D eigenvalue weighted by atomic mass is 16.6. The van der Waals surface area contributed by atoms with Gasteiger partial charge >= 0.3 is 17.9 Å². The molecular formula is C64H124O6. The normalized spacial score (nSPS) is 12.4. The van der Waals surface area contributed by atoms with Crippen LogP contribution in [0, 0.1) is 11.8 Å². The molecule has 0 heterocycles. The van der Waals surface area contributed by atoms with Gasteiger partial charge in [0.25, 0.3) is 0 Å². The highest BCUT2D eigenvalue weighted by Gasteiger charge is 2.19. The Bertz CT molecular complexity index is 1070. The summed E-state index contributed by atoms with van der Waals surface area (Å²) in [6.45, 7) is 11.5. The van der Waals surface area contributed by atoms with Gasteiger partial charge < -0.3 is 14.2 Å². The van der Waals surface area contributed by atoms with Crippen molar-refractivity contribution in [3.8, 4) is 0 Å². The molecule has 0 saturated heterocycles. The van der Waals surface area contributed by atoms with Crippen LogP contribution in [0.5, 0.6) is 0 Å². The monoisotopic (exact) mass is 989 g/mol. The van der Waals surface area contributed by atoms with E-state index in [1.165, 1.54) is 250 Å². The molecule has 70 heavy (non-hydrogen) atoms. The van der Waals surface area contributed by atoms with Gasteiger partial charge in [0.1, 0.15) is 13.2 Å². The van der Waals surface area contributed by atoms with Gasteiger partial charge in [0.15, 0.2) is 6.10 Å². The first-order valence-electron chi connectivity index (χ1n) is 31.8. The van der Waals surface area contributed by atoms with Crippen LogP contribution in [0.2, 0.25) is 0 Å². The predicted molar refractivity (Wildman–Crippen MR) is 303 cm³/mol. The molecule has 416 valence electrons. The molecule has 0 N–H and O–H groups in total. The summed E-state index contributed by atoms with van der Waals surface area (Å²) in [4.78, 5) is 38.3. The van der Waals surface area contributed by atoms with Crippen LogP contribution in [-0.4, -0.2) is 37.2 Å². The Morgan fingerprint density at radius 2 is 0.543 bits per heavy atom. The van der Waals surface area contributed by atoms with E-state index in [9.17, 15) is 14.4 Å². The summed E-state index contributed by atoms with van der Waals surface area (Å²) >= 11 is 0. The lowest BCUT2D eigenvalue weighted by Gasteiger charge is -2.18. The first-order valence-corrected chi connectivity index (χ1v) is 31.8. The Hall–Kier alpha value is -1.59. The first-order chi connectivity index (χ1) is 34.3. The summed E-state index contributed by atoms with van der Waals surface area (Å²) in [6, 6.07) is 0. The van der Waals surface area contributed by atoms with Crippen molar-refractivity contribution in [2.45, 2.75) is 368 Å². The molecule has 6 heteroatoms. The molecule has 1 unspecified atom stereocenters. The minimum absolute atomic E-state index is 0.0623. The molecule has 0 spiro atoms. The van der Waals surface area contributed by atoms with Crippen molar-refractivity contribution < 1.29 is 28.6 Å². The van der Waals surface area contributed by atoms with Crippen LogP contribution >= 0.6 is 0 Å². The molecule has 0 radical (unpaired) electrons. The third-order valence-corrected chi connectivity index (χ3v) is 15.1. The Morgan fingerprint density at radius 1 is 0.300 bits per heavy atom. The molecule has 0 aliphatic heterocycles. The van der Waals surface area contributed by atoms with Gasteiger partial charge in [-0.2, -0.15) is 0 Å². The molecule has 0 aromatic carbocycles. The highest BCUT2D eigenvalue weighted by Crippen LogP contribution is 2.19. The predicted octanol–water partition coefficient (Wildman–Crippen LogP) is 21.2. The van der Waals surface area contributed by atoms with Crippen LogP contribution in [0.3, 0.4) is 0 Å². The maximum Gasteiger partial charge on any atom is 0.306 e. The Labute approximate surface area is 438 Å². The van der Waals surface area contributed by atoms with Crippen LogP contribution in [0.4, 0.5) is 0 Å². The molecule has 0 aromatic rings. The highest BCUT2D eigenvalue weighted by molar-refractivity contribution is 5.71. The van der Waals surface area contributed by atoms with Crippen molar-refractivity contribution in [2.24, 2.45) is 11.8 Å². The molecule has 0 aliphatic carbocycles. The van der Waals surface area contributed by atoms with Gasteiger partial charge in [-0.1, -0.05) is 324 Å². The number of carbonyl (C=O) groups is 3. The van der Waals surface area contributed by atoms with Crippen molar-refractivity contribution in [1.82, 2.24) is 0 Å². The molecule has 0 aliphatic rings. The Morgan fingerprint density at radius 3 is 0.814 bits per heavy atom. The summed E-state index contributed by atoms with van der Waals surface area (Å²) in [5.74, 6) is 0.892. The SMILES string of the molecule is CCCCCCCCCCCCCCCCCCCC(=O)OC[C@@H](COC(=O)CCCCCCCCCCCCCCCCCCCCC(C)CC)OC(=O)CCCCCCCCCCCCC(C)C. The fourth-order valence-corrected chi connectivity index (χ4v) is 9.90. The van der Waals surface area contributed by atoms with Crippen molar-refractivity contribution in [3.05, 3.63) is 0 Å². The minimum atomic E-state index is -0.763. The summed E-state index contributed by atoms with van der Waals surface area (Å²) < 4.78 is 16.9. The molecule has 0 bridgehead atoms. The minimum Gasteiger partial charge on any atom is -0.462 e. The number of hydrogen-bond donors (Lipinski definition) is 0. The quantitative estimate of drug-likeness (QED) is 0.0343. The second kappa shape index (κ2) is 56.7. The van der Waals surface area contributed by atoms with Gasteiger partial charge in [0, 0.05) is 19.3 Å². The molecule has 6 nitrogen and oxygen atoms in total. The van der Waals surface area contributed by atoms with Crippen LogP contribution in [0.1, 0.15) is 362 Å². The van der Waals surface area contributed by atoms with Crippen LogP contribution in [0.15, 0.2) is 0 Å². The van der Waals surface area contributed by atoms with E-state index in [2.05, 4.69) is 34.6 Å². The molecule has 2 atom stereocenters. The van der Waals surface area contributed by atoms with E-state index >= 15 is 0 Å². The maximum atomic E-state index is 12.9. The summed E-state index contributed by atoms with van der Waals surface area (Å²) in [6.07, 6.45) is 62.4. The van der Waals surface area contributed by atoms with Crippen molar-refractivity contribution in [2.75, 3.05) is 13.2 Å². The Kier molecular flexibility index (Phi) is 55.4. The number of ether oxygens (including phenoxy) is 3. The second-order valence-electron chi connectivity index (χ2n) is 22.8. The number of rotatable bonds is 58. The molecular weight excluding hydrogens is 865 g/mol. The van der Waals surface area contributed by atoms with E-state index in [0.717, 1.165) is 69.6 Å². The van der Waals surface area contributed by atoms with Crippen molar-refractivity contribution in [3.63, 3.8) is 0 Å². The number of carbonyl (C=O) groups excluding carboxylic acids is 3. The lowest BCUT2D eigenvalue weighted by Crippen LogP contribution is -2.30.